The van der Waals surface area contributed by atoms with E-state index >= 15 is 0 Å². The summed E-state index contributed by atoms with van der Waals surface area (Å²) < 4.78 is 11.9. The van der Waals surface area contributed by atoms with E-state index in [-0.39, 0.29) is 22.8 Å². The Morgan fingerprint density at radius 3 is 2.37 bits per heavy atom. The van der Waals surface area contributed by atoms with Crippen LogP contribution < -0.4 is 10.8 Å². The van der Waals surface area contributed by atoms with Crippen molar-refractivity contribution >= 4 is 28.2 Å². The van der Waals surface area contributed by atoms with E-state index in [0.717, 1.165) is 36.7 Å². The molecule has 0 spiro atoms. The molecule has 1 aliphatic carbocycles. The lowest BCUT2D eigenvalue weighted by atomic mass is 9.83. The van der Waals surface area contributed by atoms with Crippen LogP contribution in [0.4, 0.5) is 0 Å². The first-order valence-corrected chi connectivity index (χ1v) is 12.0. The van der Waals surface area contributed by atoms with Gasteiger partial charge >= 0.3 is 13.5 Å². The monoisotopic (exact) mass is 432 g/mol. The van der Waals surface area contributed by atoms with Crippen molar-refractivity contribution in [3.63, 3.8) is 0 Å². The van der Waals surface area contributed by atoms with Gasteiger partial charge in [0.1, 0.15) is 11.6 Å². The summed E-state index contributed by atoms with van der Waals surface area (Å²) in [5, 5.41) is 3.46. The Balaban J connectivity index is 2.00. The van der Waals surface area contributed by atoms with Gasteiger partial charge in [-0.05, 0) is 57.9 Å². The van der Waals surface area contributed by atoms with Crippen LogP contribution in [0.15, 0.2) is 24.3 Å². The zero-order valence-electron chi connectivity index (χ0n) is 19.7. The summed E-state index contributed by atoms with van der Waals surface area (Å²) >= 11 is 0. The van der Waals surface area contributed by atoms with Crippen molar-refractivity contribution < 1.29 is 14.2 Å². The van der Waals surface area contributed by atoms with Crippen LogP contribution in [0.2, 0.25) is 0 Å². The van der Waals surface area contributed by atoms with Gasteiger partial charge in [-0.3, -0.25) is 10.1 Å². The largest absolute Gasteiger partial charge is 0.461 e. The summed E-state index contributed by atoms with van der Waals surface area (Å²) in [4.78, 5) is 13.0. The number of ether oxygens (including phenoxy) is 1. The maximum absolute atomic E-state index is 13.0. The third-order valence-electron chi connectivity index (χ3n) is 6.80. The second-order valence-electron chi connectivity index (χ2n) is 9.67. The molecule has 4 nitrogen and oxygen atoms in total. The molecular weight excluding hydrogens is 392 g/mol. The molecule has 1 saturated carbocycles. The van der Waals surface area contributed by atoms with Gasteiger partial charge in [0.05, 0.1) is 5.60 Å². The van der Waals surface area contributed by atoms with E-state index < -0.39 is 5.54 Å². The number of hydrogen-bond donors (Lipinski definition) is 1. The zero-order valence-corrected chi connectivity index (χ0v) is 20.9. The molecule has 0 heterocycles. The Labute approximate surface area is 186 Å². The summed E-state index contributed by atoms with van der Waals surface area (Å²) in [6.45, 7) is 13.2. The van der Waals surface area contributed by atoms with Crippen molar-refractivity contribution in [2.24, 2.45) is 0 Å². The summed E-state index contributed by atoms with van der Waals surface area (Å²) in [6, 6.07) is 8.25. The van der Waals surface area contributed by atoms with E-state index in [2.05, 4.69) is 68.2 Å². The standard InChI is InChI=1S/C24H40BNO3P/c1-7-24(8-2,21(27)28-20-14-9-10-15-20)26-17-18-12-11-13-19(16-18)25-29-22(3,4)23(5,6)30/h11-13,16,20,26H,7-10,14-15,17,30H2,1-6H3. The van der Waals surface area contributed by atoms with Gasteiger partial charge < -0.3 is 9.39 Å². The fourth-order valence-corrected chi connectivity index (χ4v) is 3.61. The van der Waals surface area contributed by atoms with Crippen molar-refractivity contribution in [2.45, 2.75) is 109 Å². The predicted octanol–water partition coefficient (Wildman–Crippen LogP) is 4.51. The van der Waals surface area contributed by atoms with Crippen molar-refractivity contribution in [1.82, 2.24) is 5.32 Å². The molecule has 0 bridgehead atoms. The molecule has 1 aliphatic rings. The topological polar surface area (TPSA) is 47.6 Å². The van der Waals surface area contributed by atoms with Crippen LogP contribution in [-0.2, 0) is 20.7 Å². The summed E-state index contributed by atoms with van der Waals surface area (Å²) in [5.41, 5.74) is 1.19. The second kappa shape index (κ2) is 10.6. The van der Waals surface area contributed by atoms with E-state index in [9.17, 15) is 4.79 Å². The highest BCUT2D eigenvalue weighted by molar-refractivity contribution is 7.19. The number of esters is 1. The Morgan fingerprint density at radius 1 is 1.17 bits per heavy atom. The molecule has 0 aliphatic heterocycles. The molecule has 30 heavy (non-hydrogen) atoms. The van der Waals surface area contributed by atoms with Crippen molar-refractivity contribution in [2.75, 3.05) is 0 Å². The number of carbonyl (C=O) groups excluding carboxylic acids is 1. The molecule has 2 rings (SSSR count). The smallest absolute Gasteiger partial charge is 0.330 e. The molecule has 167 valence electrons. The fraction of sp³-hybridized carbons (Fsp3) is 0.708. The minimum Gasteiger partial charge on any atom is -0.461 e. The van der Waals surface area contributed by atoms with Gasteiger partial charge in [0, 0.05) is 11.7 Å². The number of carbonyl (C=O) groups is 1. The normalized spacial score (nSPS) is 16.0. The number of nitrogens with one attached hydrogen (secondary N) is 1. The molecule has 0 aromatic heterocycles. The molecule has 1 aromatic carbocycles. The summed E-state index contributed by atoms with van der Waals surface area (Å²) in [7, 11) is 4.68. The van der Waals surface area contributed by atoms with Crippen molar-refractivity contribution in [1.29, 1.82) is 0 Å². The van der Waals surface area contributed by atoms with Crippen LogP contribution in [0.3, 0.4) is 0 Å². The van der Waals surface area contributed by atoms with E-state index in [4.69, 9.17) is 9.39 Å². The van der Waals surface area contributed by atoms with E-state index in [1.54, 1.807) is 0 Å². The number of hydrogen-bond acceptors (Lipinski definition) is 4. The van der Waals surface area contributed by atoms with Gasteiger partial charge in [0.15, 0.2) is 0 Å². The minimum absolute atomic E-state index is 0.0514. The lowest BCUT2D eigenvalue weighted by Gasteiger charge is -2.39. The van der Waals surface area contributed by atoms with E-state index in [1.165, 1.54) is 0 Å². The van der Waals surface area contributed by atoms with Crippen LogP contribution in [0, 0.1) is 0 Å². The lowest BCUT2D eigenvalue weighted by Crippen LogP contribution is -2.52. The highest BCUT2D eigenvalue weighted by Crippen LogP contribution is 2.33. The molecule has 1 unspecified atom stereocenters. The van der Waals surface area contributed by atoms with Crippen LogP contribution in [0.1, 0.15) is 85.6 Å². The molecule has 1 radical (unpaired) electrons. The first kappa shape index (κ1) is 25.4. The van der Waals surface area contributed by atoms with Gasteiger partial charge in [-0.1, -0.05) is 57.4 Å². The summed E-state index contributed by atoms with van der Waals surface area (Å²) in [6.07, 6.45) is 5.83. The number of benzene rings is 1. The quantitative estimate of drug-likeness (QED) is 0.318. The number of rotatable bonds is 11. The van der Waals surface area contributed by atoms with Crippen molar-refractivity contribution in [3.05, 3.63) is 29.8 Å². The van der Waals surface area contributed by atoms with Gasteiger partial charge in [-0.25, -0.2) is 0 Å². The predicted molar refractivity (Wildman–Crippen MR) is 129 cm³/mol. The Kier molecular flexibility index (Phi) is 8.98. The third kappa shape index (κ3) is 6.55. The fourth-order valence-electron chi connectivity index (χ4n) is 3.55. The van der Waals surface area contributed by atoms with E-state index in [0.29, 0.717) is 19.4 Å². The minimum atomic E-state index is -0.635. The maximum Gasteiger partial charge on any atom is 0.330 e. The molecular formula is C24H40BNO3P. The highest BCUT2D eigenvalue weighted by atomic mass is 31.0. The Hall–Kier alpha value is -0.895. The van der Waals surface area contributed by atoms with Crippen LogP contribution >= 0.6 is 9.24 Å². The third-order valence-corrected chi connectivity index (χ3v) is 7.49. The average Bonchev–Trinajstić information content (AvgIpc) is 3.20. The molecule has 0 amide bonds. The van der Waals surface area contributed by atoms with Gasteiger partial charge in [0.25, 0.3) is 0 Å². The Bertz CT molecular complexity index is 692. The van der Waals surface area contributed by atoms with Gasteiger partial charge in [-0.15, -0.1) is 9.24 Å². The molecule has 0 saturated heterocycles. The lowest BCUT2D eigenvalue weighted by molar-refractivity contribution is -0.157. The molecule has 1 aromatic rings. The zero-order chi connectivity index (χ0) is 22.4. The molecule has 1 fully saturated rings. The molecule has 1 N–H and O–H groups in total. The average molecular weight is 432 g/mol. The highest BCUT2D eigenvalue weighted by Gasteiger charge is 2.38. The van der Waals surface area contributed by atoms with Gasteiger partial charge in [-0.2, -0.15) is 0 Å². The first-order valence-electron chi connectivity index (χ1n) is 11.4. The first-order chi connectivity index (χ1) is 14.0. The van der Waals surface area contributed by atoms with Crippen molar-refractivity contribution in [3.8, 4) is 0 Å². The van der Waals surface area contributed by atoms with Crippen LogP contribution in [0.25, 0.3) is 0 Å². The maximum atomic E-state index is 13.0. The summed E-state index contributed by atoms with van der Waals surface area (Å²) in [5.74, 6) is -0.102. The molecule has 1 atom stereocenters. The van der Waals surface area contributed by atoms with Crippen LogP contribution in [0.5, 0.6) is 0 Å². The SMILES string of the molecule is CCC(CC)(NCc1cccc([B]OC(C)(C)C(C)(C)P)c1)C(=O)OC1CCCC1. The van der Waals surface area contributed by atoms with Crippen LogP contribution in [-0.4, -0.2) is 35.9 Å². The van der Waals surface area contributed by atoms with Gasteiger partial charge in [0.2, 0.25) is 0 Å². The Morgan fingerprint density at radius 2 is 1.80 bits per heavy atom. The van der Waals surface area contributed by atoms with E-state index in [1.807, 2.05) is 19.6 Å². The molecule has 6 heteroatoms. The second-order valence-corrected chi connectivity index (χ2v) is 11.1.